The molecule has 0 bridgehead atoms. The molecule has 1 saturated carbocycles. The van der Waals surface area contributed by atoms with E-state index in [0.29, 0.717) is 11.8 Å². The van der Waals surface area contributed by atoms with Gasteiger partial charge in [0, 0.05) is 31.0 Å². The van der Waals surface area contributed by atoms with Crippen LogP contribution in [0.25, 0.3) is 0 Å². The van der Waals surface area contributed by atoms with Crippen LogP contribution in [0.15, 0.2) is 0 Å². The minimum atomic E-state index is 0.476. The lowest BCUT2D eigenvalue weighted by atomic mass is 9.87. The van der Waals surface area contributed by atoms with Gasteiger partial charge < -0.3 is 0 Å². The van der Waals surface area contributed by atoms with E-state index in [9.17, 15) is 4.79 Å². The van der Waals surface area contributed by atoms with Gasteiger partial charge in [-0.25, -0.2) is 0 Å². The van der Waals surface area contributed by atoms with Crippen LogP contribution < -0.4 is 0 Å². The molecule has 1 saturated heterocycles. The highest BCUT2D eigenvalue weighted by Crippen LogP contribution is 2.30. The van der Waals surface area contributed by atoms with Crippen molar-refractivity contribution in [2.24, 2.45) is 0 Å². The number of carbonyl (C=O) groups is 1. The van der Waals surface area contributed by atoms with Gasteiger partial charge in [0.15, 0.2) is 0 Å². The third kappa shape index (κ3) is 2.41. The number of nitrogens with zero attached hydrogens (tertiary/aromatic N) is 1. The molecule has 0 aromatic heterocycles. The molecule has 0 amide bonds. The fourth-order valence-corrected chi connectivity index (χ4v) is 3.38. The first-order chi connectivity index (χ1) is 7.18. The molecule has 1 aliphatic heterocycles. The van der Waals surface area contributed by atoms with Gasteiger partial charge in [-0.15, -0.1) is 0 Å². The number of carbonyl (C=O) groups excluding carboxylic acids is 1. The van der Waals surface area contributed by atoms with Crippen molar-refractivity contribution in [2.45, 2.75) is 76.9 Å². The van der Waals surface area contributed by atoms with E-state index in [1.165, 1.54) is 19.3 Å². The molecule has 0 unspecified atom stereocenters. The second-order valence-corrected chi connectivity index (χ2v) is 5.35. The van der Waals surface area contributed by atoms with Crippen LogP contribution in [0.3, 0.4) is 0 Å². The monoisotopic (exact) mass is 209 g/mol. The van der Waals surface area contributed by atoms with Crippen LogP contribution in [-0.4, -0.2) is 28.8 Å². The predicted octanol–water partition coefficient (Wildman–Crippen LogP) is 2.76. The van der Waals surface area contributed by atoms with E-state index in [4.69, 9.17) is 0 Å². The summed E-state index contributed by atoms with van der Waals surface area (Å²) in [5.41, 5.74) is 0. The zero-order chi connectivity index (χ0) is 10.8. The average Bonchev–Trinajstić information content (AvgIpc) is 2.20. The van der Waals surface area contributed by atoms with E-state index in [2.05, 4.69) is 18.7 Å². The molecule has 0 radical (unpaired) electrons. The number of rotatable bonds is 1. The Labute approximate surface area is 93.0 Å². The summed E-state index contributed by atoms with van der Waals surface area (Å²) in [5.74, 6) is 0.476. The molecule has 1 aliphatic carbocycles. The highest BCUT2D eigenvalue weighted by atomic mass is 16.1. The Morgan fingerprint density at radius 2 is 1.53 bits per heavy atom. The minimum absolute atomic E-state index is 0.476. The van der Waals surface area contributed by atoms with Crippen molar-refractivity contribution in [3.63, 3.8) is 0 Å². The third-order valence-electron chi connectivity index (χ3n) is 4.20. The first-order valence-electron chi connectivity index (χ1n) is 6.47. The SMILES string of the molecule is C[C@@H]1CCC[C@H](C)N1C1CCC(=O)CC1. The van der Waals surface area contributed by atoms with Gasteiger partial charge in [0.1, 0.15) is 5.78 Å². The summed E-state index contributed by atoms with van der Waals surface area (Å²) in [5, 5.41) is 0. The molecular formula is C13H23NO. The summed E-state index contributed by atoms with van der Waals surface area (Å²) in [6.07, 6.45) is 7.91. The van der Waals surface area contributed by atoms with Crippen LogP contribution in [0.1, 0.15) is 58.8 Å². The normalized spacial score (nSPS) is 35.7. The minimum Gasteiger partial charge on any atom is -0.300 e. The molecule has 86 valence electrons. The Morgan fingerprint density at radius 3 is 2.07 bits per heavy atom. The van der Waals surface area contributed by atoms with Gasteiger partial charge in [-0.1, -0.05) is 6.42 Å². The topological polar surface area (TPSA) is 20.3 Å². The molecule has 0 spiro atoms. The molecule has 2 heteroatoms. The summed E-state index contributed by atoms with van der Waals surface area (Å²) >= 11 is 0. The Balaban J connectivity index is 1.98. The largest absolute Gasteiger partial charge is 0.300 e. The second kappa shape index (κ2) is 4.65. The van der Waals surface area contributed by atoms with E-state index in [1.54, 1.807) is 0 Å². The van der Waals surface area contributed by atoms with Crippen molar-refractivity contribution in [1.82, 2.24) is 4.90 Å². The highest BCUT2D eigenvalue weighted by Gasteiger charge is 2.32. The number of hydrogen-bond acceptors (Lipinski definition) is 2. The number of hydrogen-bond donors (Lipinski definition) is 0. The average molecular weight is 209 g/mol. The van der Waals surface area contributed by atoms with Crippen molar-refractivity contribution in [3.05, 3.63) is 0 Å². The van der Waals surface area contributed by atoms with E-state index < -0.39 is 0 Å². The van der Waals surface area contributed by atoms with Crippen molar-refractivity contribution in [1.29, 1.82) is 0 Å². The number of piperidine rings is 1. The van der Waals surface area contributed by atoms with Crippen LogP contribution in [0.4, 0.5) is 0 Å². The maximum Gasteiger partial charge on any atom is 0.133 e. The van der Waals surface area contributed by atoms with Gasteiger partial charge in [-0.2, -0.15) is 0 Å². The fraction of sp³-hybridized carbons (Fsp3) is 0.923. The molecule has 0 N–H and O–H groups in total. The Bertz CT molecular complexity index is 219. The van der Waals surface area contributed by atoms with Gasteiger partial charge in [-0.05, 0) is 39.5 Å². The molecule has 2 rings (SSSR count). The summed E-state index contributed by atoms with van der Waals surface area (Å²) in [4.78, 5) is 13.9. The van der Waals surface area contributed by atoms with Crippen LogP contribution in [-0.2, 0) is 4.79 Å². The number of ketones is 1. The third-order valence-corrected chi connectivity index (χ3v) is 4.20. The van der Waals surface area contributed by atoms with Crippen molar-refractivity contribution >= 4 is 5.78 Å². The Morgan fingerprint density at radius 1 is 1.00 bits per heavy atom. The molecule has 2 nitrogen and oxygen atoms in total. The van der Waals surface area contributed by atoms with Crippen molar-refractivity contribution < 1.29 is 4.79 Å². The predicted molar refractivity (Wildman–Crippen MR) is 61.9 cm³/mol. The highest BCUT2D eigenvalue weighted by molar-refractivity contribution is 5.79. The molecule has 0 aromatic rings. The summed E-state index contributed by atoms with van der Waals surface area (Å²) in [7, 11) is 0. The number of likely N-dealkylation sites (tertiary alicyclic amines) is 1. The molecule has 2 fully saturated rings. The summed E-state index contributed by atoms with van der Waals surface area (Å²) in [6.45, 7) is 4.71. The zero-order valence-electron chi connectivity index (χ0n) is 10.0. The van der Waals surface area contributed by atoms with Crippen LogP contribution in [0.2, 0.25) is 0 Å². The van der Waals surface area contributed by atoms with Crippen molar-refractivity contribution in [2.75, 3.05) is 0 Å². The Kier molecular flexibility index (Phi) is 3.45. The molecule has 0 aromatic carbocycles. The maximum atomic E-state index is 11.2. The molecular weight excluding hydrogens is 186 g/mol. The first kappa shape index (κ1) is 11.1. The van der Waals surface area contributed by atoms with E-state index >= 15 is 0 Å². The Hall–Kier alpha value is -0.370. The lowest BCUT2D eigenvalue weighted by Crippen LogP contribution is -2.50. The molecule has 2 aliphatic rings. The van der Waals surface area contributed by atoms with Crippen LogP contribution in [0.5, 0.6) is 0 Å². The quantitative estimate of drug-likeness (QED) is 0.662. The molecule has 1 heterocycles. The van der Waals surface area contributed by atoms with E-state index in [1.807, 2.05) is 0 Å². The van der Waals surface area contributed by atoms with Crippen LogP contribution >= 0.6 is 0 Å². The van der Waals surface area contributed by atoms with Gasteiger partial charge in [0.2, 0.25) is 0 Å². The fourth-order valence-electron chi connectivity index (χ4n) is 3.38. The van der Waals surface area contributed by atoms with Gasteiger partial charge >= 0.3 is 0 Å². The zero-order valence-corrected chi connectivity index (χ0v) is 10.0. The van der Waals surface area contributed by atoms with Gasteiger partial charge in [0.25, 0.3) is 0 Å². The van der Waals surface area contributed by atoms with Gasteiger partial charge in [0.05, 0.1) is 0 Å². The van der Waals surface area contributed by atoms with E-state index in [-0.39, 0.29) is 0 Å². The summed E-state index contributed by atoms with van der Waals surface area (Å²) in [6, 6.07) is 2.15. The maximum absolute atomic E-state index is 11.2. The first-order valence-corrected chi connectivity index (χ1v) is 6.47. The lowest BCUT2D eigenvalue weighted by molar-refractivity contribution is -0.122. The molecule has 15 heavy (non-hydrogen) atoms. The molecule has 2 atom stereocenters. The van der Waals surface area contributed by atoms with Crippen molar-refractivity contribution in [3.8, 4) is 0 Å². The smallest absolute Gasteiger partial charge is 0.133 e. The number of Topliss-reactive ketones (excluding diaryl/α,β-unsaturated/α-hetero) is 1. The summed E-state index contributed by atoms with van der Waals surface area (Å²) < 4.78 is 0. The standard InChI is InChI=1S/C13H23NO/c1-10-4-3-5-11(2)14(10)12-6-8-13(15)9-7-12/h10-12H,3-9H2,1-2H3/t10-,11+. The second-order valence-electron chi connectivity index (χ2n) is 5.35. The van der Waals surface area contributed by atoms with E-state index in [0.717, 1.165) is 37.8 Å². The van der Waals surface area contributed by atoms with Crippen LogP contribution in [0, 0.1) is 0 Å². The van der Waals surface area contributed by atoms with Gasteiger partial charge in [-0.3, -0.25) is 9.69 Å². The lowest BCUT2D eigenvalue weighted by Gasteiger charge is -2.45.